The number of furan rings is 1. The van der Waals surface area contributed by atoms with Crippen LogP contribution in [0.1, 0.15) is 22.9 Å². The molecule has 0 N–H and O–H groups in total. The Morgan fingerprint density at radius 2 is 2.12 bits per heavy atom. The van der Waals surface area contributed by atoms with Crippen molar-refractivity contribution in [3.63, 3.8) is 0 Å². The summed E-state index contributed by atoms with van der Waals surface area (Å²) in [6.45, 7) is 4.08. The zero-order valence-electron chi connectivity index (χ0n) is 14.1. The van der Waals surface area contributed by atoms with Gasteiger partial charge in [0.15, 0.2) is 5.82 Å². The number of aryl methyl sites for hydroxylation is 1. The van der Waals surface area contributed by atoms with Crippen LogP contribution in [0.3, 0.4) is 0 Å². The summed E-state index contributed by atoms with van der Waals surface area (Å²) in [6, 6.07) is 9.27. The van der Waals surface area contributed by atoms with E-state index in [-0.39, 0.29) is 0 Å². The molecule has 2 heterocycles. The fourth-order valence-corrected chi connectivity index (χ4v) is 2.79. The molecule has 0 fully saturated rings. The molecule has 0 unspecified atom stereocenters. The van der Waals surface area contributed by atoms with E-state index >= 15 is 0 Å². The van der Waals surface area contributed by atoms with E-state index in [1.165, 1.54) is 11.8 Å². The van der Waals surface area contributed by atoms with Crippen LogP contribution in [0, 0.1) is 13.8 Å². The third-order valence-electron chi connectivity index (χ3n) is 3.52. The van der Waals surface area contributed by atoms with E-state index in [9.17, 15) is 0 Å². The predicted molar refractivity (Wildman–Crippen MR) is 98.8 cm³/mol. The molecule has 8 heteroatoms. The van der Waals surface area contributed by atoms with Crippen molar-refractivity contribution in [2.45, 2.75) is 25.6 Å². The molecular weight excluding hydrogens is 360 g/mol. The number of nitrogens with zero attached hydrogens (tertiary/aromatic N) is 4. The zero-order valence-corrected chi connectivity index (χ0v) is 15.6. The van der Waals surface area contributed by atoms with E-state index in [1.54, 1.807) is 10.9 Å². The largest absolute Gasteiger partial charge is 0.485 e. The molecule has 0 aliphatic heterocycles. The fourth-order valence-electron chi connectivity index (χ4n) is 2.15. The highest BCUT2D eigenvalue weighted by Crippen LogP contribution is 2.26. The van der Waals surface area contributed by atoms with Gasteiger partial charge >= 0.3 is 0 Å². The van der Waals surface area contributed by atoms with Gasteiger partial charge in [-0.05, 0) is 44.4 Å². The van der Waals surface area contributed by atoms with Gasteiger partial charge in [-0.25, -0.2) is 0 Å². The molecule has 25 heavy (non-hydrogen) atoms. The molecule has 0 atom stereocenters. The van der Waals surface area contributed by atoms with Crippen molar-refractivity contribution in [2.24, 2.45) is 5.10 Å². The standard InChI is InChI=1S/C17H17ClN4O2S/c1-11-15(18)5-4-6-16(11)23-10-14-8-7-13(24-14)9-19-22-12(2)20-21-17(22)25-3/h4-9H,10H2,1-3H3/b19-9-. The van der Waals surface area contributed by atoms with Crippen molar-refractivity contribution in [1.29, 1.82) is 0 Å². The van der Waals surface area contributed by atoms with Gasteiger partial charge in [-0.15, -0.1) is 10.2 Å². The second-order valence-electron chi connectivity index (χ2n) is 5.25. The topological polar surface area (TPSA) is 65.4 Å². The summed E-state index contributed by atoms with van der Waals surface area (Å²) in [5, 5.41) is 13.8. The van der Waals surface area contributed by atoms with E-state index in [0.29, 0.717) is 29.0 Å². The second-order valence-corrected chi connectivity index (χ2v) is 6.43. The van der Waals surface area contributed by atoms with Gasteiger partial charge in [0, 0.05) is 10.6 Å². The van der Waals surface area contributed by atoms with Crippen LogP contribution in [0.2, 0.25) is 5.02 Å². The van der Waals surface area contributed by atoms with Gasteiger partial charge in [-0.1, -0.05) is 29.4 Å². The van der Waals surface area contributed by atoms with Crippen LogP contribution in [0.4, 0.5) is 0 Å². The lowest BCUT2D eigenvalue weighted by Gasteiger charge is -2.08. The Labute approximate surface area is 154 Å². The molecule has 0 aliphatic carbocycles. The second kappa shape index (κ2) is 7.76. The lowest BCUT2D eigenvalue weighted by molar-refractivity contribution is 0.268. The number of thioether (sulfide) groups is 1. The first-order valence-electron chi connectivity index (χ1n) is 7.55. The zero-order chi connectivity index (χ0) is 17.8. The summed E-state index contributed by atoms with van der Waals surface area (Å²) >= 11 is 7.57. The monoisotopic (exact) mass is 376 g/mol. The number of benzene rings is 1. The van der Waals surface area contributed by atoms with Gasteiger partial charge in [0.1, 0.15) is 23.9 Å². The van der Waals surface area contributed by atoms with Crippen molar-refractivity contribution in [1.82, 2.24) is 14.9 Å². The maximum Gasteiger partial charge on any atom is 0.211 e. The first-order chi connectivity index (χ1) is 12.1. The molecule has 0 bridgehead atoms. The van der Waals surface area contributed by atoms with Crippen LogP contribution in [-0.2, 0) is 6.61 Å². The lowest BCUT2D eigenvalue weighted by atomic mass is 10.2. The molecule has 3 rings (SSSR count). The average Bonchev–Trinajstić information content (AvgIpc) is 3.20. The summed E-state index contributed by atoms with van der Waals surface area (Å²) in [4.78, 5) is 0. The van der Waals surface area contributed by atoms with Crippen molar-refractivity contribution in [3.05, 3.63) is 58.3 Å². The van der Waals surface area contributed by atoms with Gasteiger partial charge in [-0.3, -0.25) is 0 Å². The molecule has 0 spiro atoms. The Kier molecular flexibility index (Phi) is 5.45. The van der Waals surface area contributed by atoms with Gasteiger partial charge in [0.05, 0.1) is 6.21 Å². The Hall–Kier alpha value is -2.25. The summed E-state index contributed by atoms with van der Waals surface area (Å²) in [6.07, 6.45) is 3.56. The minimum Gasteiger partial charge on any atom is -0.485 e. The number of hydrogen-bond donors (Lipinski definition) is 0. The third kappa shape index (κ3) is 4.05. The van der Waals surface area contributed by atoms with Gasteiger partial charge in [0.25, 0.3) is 0 Å². The minimum atomic E-state index is 0.316. The Balaban J connectivity index is 1.67. The maximum atomic E-state index is 6.09. The van der Waals surface area contributed by atoms with Crippen molar-refractivity contribution in [2.75, 3.05) is 6.26 Å². The highest BCUT2D eigenvalue weighted by molar-refractivity contribution is 7.98. The molecule has 0 amide bonds. The van der Waals surface area contributed by atoms with Crippen LogP contribution in [0.5, 0.6) is 5.75 Å². The van der Waals surface area contributed by atoms with Gasteiger partial charge < -0.3 is 9.15 Å². The number of halogens is 1. The smallest absolute Gasteiger partial charge is 0.211 e. The van der Waals surface area contributed by atoms with Crippen LogP contribution in [0.25, 0.3) is 0 Å². The Bertz CT molecular complexity index is 904. The quantitative estimate of drug-likeness (QED) is 0.473. The highest BCUT2D eigenvalue weighted by atomic mass is 35.5. The molecule has 0 saturated heterocycles. The molecule has 3 aromatic rings. The summed E-state index contributed by atoms with van der Waals surface area (Å²) in [5.41, 5.74) is 0.908. The van der Waals surface area contributed by atoms with Crippen molar-refractivity contribution in [3.8, 4) is 5.75 Å². The van der Waals surface area contributed by atoms with E-state index in [0.717, 1.165) is 16.5 Å². The molecule has 2 aromatic heterocycles. The van der Waals surface area contributed by atoms with E-state index in [2.05, 4.69) is 15.3 Å². The molecule has 0 aliphatic rings. The van der Waals surface area contributed by atoms with E-state index in [1.807, 2.05) is 50.4 Å². The molecule has 0 saturated carbocycles. The number of hydrogen-bond acceptors (Lipinski definition) is 6. The average molecular weight is 377 g/mol. The minimum absolute atomic E-state index is 0.316. The Morgan fingerprint density at radius 1 is 1.28 bits per heavy atom. The van der Waals surface area contributed by atoms with E-state index < -0.39 is 0 Å². The maximum absolute atomic E-state index is 6.09. The first kappa shape index (κ1) is 17.6. The van der Waals surface area contributed by atoms with Crippen LogP contribution < -0.4 is 4.74 Å². The normalized spacial score (nSPS) is 11.4. The Morgan fingerprint density at radius 3 is 2.92 bits per heavy atom. The summed E-state index contributed by atoms with van der Waals surface area (Å²) < 4.78 is 13.2. The fraction of sp³-hybridized carbons (Fsp3) is 0.235. The number of ether oxygens (including phenoxy) is 1. The van der Waals surface area contributed by atoms with E-state index in [4.69, 9.17) is 20.8 Å². The number of rotatable bonds is 6. The van der Waals surface area contributed by atoms with Crippen LogP contribution >= 0.6 is 23.4 Å². The molecule has 1 aromatic carbocycles. The predicted octanol–water partition coefficient (Wildman–Crippen LogP) is 4.32. The third-order valence-corrected chi connectivity index (χ3v) is 4.55. The lowest BCUT2D eigenvalue weighted by Crippen LogP contribution is -1.96. The van der Waals surface area contributed by atoms with Crippen molar-refractivity contribution >= 4 is 29.6 Å². The molecule has 0 radical (unpaired) electrons. The first-order valence-corrected chi connectivity index (χ1v) is 9.15. The summed E-state index contributed by atoms with van der Waals surface area (Å²) in [7, 11) is 0. The van der Waals surface area contributed by atoms with Crippen molar-refractivity contribution < 1.29 is 9.15 Å². The SMILES string of the molecule is CSc1nnc(C)n1/N=C\c1ccc(COc2cccc(Cl)c2C)o1. The summed E-state index contributed by atoms with van der Waals surface area (Å²) in [5.74, 6) is 2.78. The van der Waals surface area contributed by atoms with Crippen LogP contribution in [-0.4, -0.2) is 27.3 Å². The van der Waals surface area contributed by atoms with Gasteiger partial charge in [0.2, 0.25) is 5.16 Å². The van der Waals surface area contributed by atoms with Gasteiger partial charge in [-0.2, -0.15) is 9.78 Å². The molecular formula is C17H17ClN4O2S. The molecule has 6 nitrogen and oxygen atoms in total. The van der Waals surface area contributed by atoms with Crippen LogP contribution in [0.15, 0.2) is 45.0 Å². The number of aromatic nitrogens is 3. The molecule has 130 valence electrons. The highest BCUT2D eigenvalue weighted by Gasteiger charge is 2.08.